The van der Waals surface area contributed by atoms with Crippen LogP contribution in [-0.4, -0.2) is 4.98 Å². The van der Waals surface area contributed by atoms with Crippen molar-refractivity contribution in [1.82, 2.24) is 4.98 Å². The molecule has 0 saturated heterocycles. The number of halogens is 1. The zero-order valence-electron chi connectivity index (χ0n) is 8.56. The Morgan fingerprint density at radius 3 is 2.56 bits per heavy atom. The van der Waals surface area contributed by atoms with Crippen LogP contribution in [0.2, 0.25) is 0 Å². The summed E-state index contributed by atoms with van der Waals surface area (Å²) >= 11 is 1.49. The molecule has 0 bridgehead atoms. The van der Waals surface area contributed by atoms with Crippen molar-refractivity contribution < 1.29 is 4.39 Å². The maximum Gasteiger partial charge on any atom is 0.123 e. The van der Waals surface area contributed by atoms with E-state index in [1.165, 1.54) is 23.9 Å². The number of hydrogen-bond acceptors (Lipinski definition) is 3. The average molecular weight is 234 g/mol. The molecule has 2 rings (SSSR count). The van der Waals surface area contributed by atoms with Gasteiger partial charge in [-0.15, -0.1) is 0 Å². The molecule has 0 aliphatic heterocycles. The molecule has 16 heavy (non-hydrogen) atoms. The van der Waals surface area contributed by atoms with Crippen LogP contribution in [0.5, 0.6) is 0 Å². The number of pyridine rings is 1. The van der Waals surface area contributed by atoms with Crippen molar-refractivity contribution in [1.29, 1.82) is 0 Å². The van der Waals surface area contributed by atoms with Gasteiger partial charge < -0.3 is 5.73 Å². The van der Waals surface area contributed by atoms with Crippen LogP contribution in [0.3, 0.4) is 0 Å². The maximum absolute atomic E-state index is 12.7. The molecule has 0 radical (unpaired) electrons. The Bertz CT molecular complexity index is 471. The summed E-state index contributed by atoms with van der Waals surface area (Å²) in [4.78, 5) is 5.31. The van der Waals surface area contributed by atoms with E-state index in [0.29, 0.717) is 6.54 Å². The van der Waals surface area contributed by atoms with E-state index in [1.807, 2.05) is 18.2 Å². The fourth-order valence-corrected chi connectivity index (χ4v) is 2.07. The minimum Gasteiger partial charge on any atom is -0.325 e. The molecule has 0 unspecified atom stereocenters. The van der Waals surface area contributed by atoms with Gasteiger partial charge >= 0.3 is 0 Å². The van der Waals surface area contributed by atoms with Crippen LogP contribution in [0.25, 0.3) is 0 Å². The standard InChI is InChI=1S/C12H11FN2S/c13-9-4-6-11(7-5-9)16-12-3-1-2-10(8-14)15-12/h1-7H,8,14H2. The molecule has 0 atom stereocenters. The first-order valence-electron chi connectivity index (χ1n) is 4.87. The van der Waals surface area contributed by atoms with E-state index >= 15 is 0 Å². The van der Waals surface area contributed by atoms with Crippen LogP contribution in [0, 0.1) is 5.82 Å². The third-order valence-electron chi connectivity index (χ3n) is 2.03. The monoisotopic (exact) mass is 234 g/mol. The Labute approximate surface area is 97.7 Å². The lowest BCUT2D eigenvalue weighted by molar-refractivity contribution is 0.626. The van der Waals surface area contributed by atoms with E-state index in [0.717, 1.165) is 15.6 Å². The van der Waals surface area contributed by atoms with Crippen molar-refractivity contribution in [2.45, 2.75) is 16.5 Å². The molecule has 0 amide bonds. The number of nitrogens with zero attached hydrogens (tertiary/aromatic N) is 1. The van der Waals surface area contributed by atoms with E-state index in [9.17, 15) is 4.39 Å². The number of aromatic nitrogens is 1. The summed E-state index contributed by atoms with van der Waals surface area (Å²) in [6.07, 6.45) is 0. The van der Waals surface area contributed by atoms with Crippen LogP contribution in [0.4, 0.5) is 4.39 Å². The van der Waals surface area contributed by atoms with E-state index in [1.54, 1.807) is 12.1 Å². The smallest absolute Gasteiger partial charge is 0.123 e. The van der Waals surface area contributed by atoms with Crippen molar-refractivity contribution in [2.24, 2.45) is 5.73 Å². The molecule has 2 N–H and O–H groups in total. The summed E-state index contributed by atoms with van der Waals surface area (Å²) in [5.74, 6) is -0.229. The SMILES string of the molecule is NCc1cccc(Sc2ccc(F)cc2)n1. The third-order valence-corrected chi connectivity index (χ3v) is 2.97. The molecule has 82 valence electrons. The summed E-state index contributed by atoms with van der Waals surface area (Å²) in [7, 11) is 0. The van der Waals surface area contributed by atoms with Crippen LogP contribution >= 0.6 is 11.8 Å². The predicted octanol–water partition coefficient (Wildman–Crippen LogP) is 2.83. The minimum absolute atomic E-state index is 0.229. The van der Waals surface area contributed by atoms with Crippen LogP contribution in [0.15, 0.2) is 52.4 Å². The van der Waals surface area contributed by atoms with Gasteiger partial charge in [0.05, 0.1) is 5.69 Å². The molecular weight excluding hydrogens is 223 g/mol. The van der Waals surface area contributed by atoms with Gasteiger partial charge in [-0.2, -0.15) is 0 Å². The fourth-order valence-electron chi connectivity index (χ4n) is 1.25. The average Bonchev–Trinajstić information content (AvgIpc) is 2.32. The first kappa shape index (κ1) is 11.1. The summed E-state index contributed by atoms with van der Waals surface area (Å²) in [6, 6.07) is 12.1. The van der Waals surface area contributed by atoms with E-state index < -0.39 is 0 Å². The lowest BCUT2D eigenvalue weighted by Gasteiger charge is -2.02. The first-order chi connectivity index (χ1) is 7.78. The highest BCUT2D eigenvalue weighted by Gasteiger charge is 2.00. The summed E-state index contributed by atoms with van der Waals surface area (Å²) in [5.41, 5.74) is 6.36. The van der Waals surface area contributed by atoms with Gasteiger partial charge in [0.2, 0.25) is 0 Å². The van der Waals surface area contributed by atoms with E-state index in [2.05, 4.69) is 4.98 Å². The van der Waals surface area contributed by atoms with Gasteiger partial charge in [-0.1, -0.05) is 17.8 Å². The van der Waals surface area contributed by atoms with Gasteiger partial charge in [0.15, 0.2) is 0 Å². The Balaban J connectivity index is 2.16. The predicted molar refractivity (Wildman–Crippen MR) is 62.7 cm³/mol. The van der Waals surface area contributed by atoms with Crippen LogP contribution in [0.1, 0.15) is 5.69 Å². The van der Waals surface area contributed by atoms with Crippen molar-refractivity contribution in [3.63, 3.8) is 0 Å². The van der Waals surface area contributed by atoms with Crippen molar-refractivity contribution in [3.05, 3.63) is 54.0 Å². The zero-order chi connectivity index (χ0) is 11.4. The van der Waals surface area contributed by atoms with Crippen molar-refractivity contribution in [3.8, 4) is 0 Å². The molecule has 1 aromatic carbocycles. The van der Waals surface area contributed by atoms with Gasteiger partial charge in [0, 0.05) is 11.4 Å². The highest BCUT2D eigenvalue weighted by molar-refractivity contribution is 7.99. The van der Waals surface area contributed by atoms with Gasteiger partial charge in [-0.25, -0.2) is 9.37 Å². The fraction of sp³-hybridized carbons (Fsp3) is 0.0833. The minimum atomic E-state index is -0.229. The first-order valence-corrected chi connectivity index (χ1v) is 5.69. The van der Waals surface area contributed by atoms with Gasteiger partial charge in [0.25, 0.3) is 0 Å². The number of rotatable bonds is 3. The Morgan fingerprint density at radius 2 is 1.88 bits per heavy atom. The highest BCUT2D eigenvalue weighted by atomic mass is 32.2. The lowest BCUT2D eigenvalue weighted by Crippen LogP contribution is -1.99. The third kappa shape index (κ3) is 2.81. The molecule has 2 nitrogen and oxygen atoms in total. The van der Waals surface area contributed by atoms with Crippen molar-refractivity contribution in [2.75, 3.05) is 0 Å². The summed E-state index contributed by atoms with van der Waals surface area (Å²) in [6.45, 7) is 0.428. The molecule has 2 aromatic rings. The van der Waals surface area contributed by atoms with E-state index in [-0.39, 0.29) is 5.82 Å². The lowest BCUT2D eigenvalue weighted by atomic mass is 10.3. The molecule has 4 heteroatoms. The molecule has 1 aromatic heterocycles. The van der Waals surface area contributed by atoms with Crippen LogP contribution < -0.4 is 5.73 Å². The topological polar surface area (TPSA) is 38.9 Å². The summed E-state index contributed by atoms with van der Waals surface area (Å²) in [5, 5.41) is 0.870. The maximum atomic E-state index is 12.7. The number of hydrogen-bond donors (Lipinski definition) is 1. The second kappa shape index (κ2) is 5.09. The Kier molecular flexibility index (Phi) is 3.54. The molecular formula is C12H11FN2S. The van der Waals surface area contributed by atoms with Gasteiger partial charge in [-0.3, -0.25) is 0 Å². The molecule has 0 aliphatic rings. The number of benzene rings is 1. The summed E-state index contributed by atoms with van der Waals surface area (Å²) < 4.78 is 12.7. The second-order valence-electron chi connectivity index (χ2n) is 3.23. The van der Waals surface area contributed by atoms with Gasteiger partial charge in [-0.05, 0) is 36.4 Å². The number of nitrogens with two attached hydrogens (primary N) is 1. The normalized spacial score (nSPS) is 10.4. The quantitative estimate of drug-likeness (QED) is 0.887. The molecule has 0 aliphatic carbocycles. The zero-order valence-corrected chi connectivity index (χ0v) is 9.38. The van der Waals surface area contributed by atoms with Crippen molar-refractivity contribution >= 4 is 11.8 Å². The highest BCUT2D eigenvalue weighted by Crippen LogP contribution is 2.25. The second-order valence-corrected chi connectivity index (χ2v) is 4.32. The Hall–Kier alpha value is -1.39. The van der Waals surface area contributed by atoms with E-state index in [4.69, 9.17) is 5.73 Å². The van der Waals surface area contributed by atoms with Crippen LogP contribution in [-0.2, 0) is 6.54 Å². The molecule has 1 heterocycles. The molecule has 0 saturated carbocycles. The largest absolute Gasteiger partial charge is 0.325 e. The molecule has 0 fully saturated rings. The molecule has 0 spiro atoms. The van der Waals surface area contributed by atoms with Gasteiger partial charge in [0.1, 0.15) is 10.8 Å². The Morgan fingerprint density at radius 1 is 1.12 bits per heavy atom.